The van der Waals surface area contributed by atoms with Crippen molar-refractivity contribution in [1.82, 2.24) is 24.5 Å². The van der Waals surface area contributed by atoms with Crippen molar-refractivity contribution < 1.29 is 14.2 Å². The Hall–Kier alpha value is -3.23. The van der Waals surface area contributed by atoms with Crippen molar-refractivity contribution in [3.63, 3.8) is 0 Å². The summed E-state index contributed by atoms with van der Waals surface area (Å²) in [7, 11) is 0. The highest BCUT2D eigenvalue weighted by Crippen LogP contribution is 2.41. The van der Waals surface area contributed by atoms with Crippen LogP contribution < -0.4 is 9.47 Å². The summed E-state index contributed by atoms with van der Waals surface area (Å²) in [5, 5.41) is 0.538. The number of hydrogen-bond donors (Lipinski definition) is 0. The molecule has 0 amide bonds. The molecule has 2 aliphatic rings. The minimum absolute atomic E-state index is 0.0673. The number of pyridine rings is 1. The van der Waals surface area contributed by atoms with Gasteiger partial charge in [0.05, 0.1) is 30.5 Å². The van der Waals surface area contributed by atoms with Gasteiger partial charge in [0, 0.05) is 11.8 Å². The van der Waals surface area contributed by atoms with Gasteiger partial charge in [0.25, 0.3) is 0 Å². The van der Waals surface area contributed by atoms with Crippen molar-refractivity contribution in [3.8, 4) is 23.0 Å². The molecule has 0 bridgehead atoms. The van der Waals surface area contributed by atoms with Crippen LogP contribution in [-0.2, 0) is 11.3 Å². The van der Waals surface area contributed by atoms with Crippen LogP contribution >= 0.6 is 11.6 Å². The monoisotopic (exact) mass is 477 g/mol. The van der Waals surface area contributed by atoms with Gasteiger partial charge in [-0.3, -0.25) is 4.98 Å². The summed E-state index contributed by atoms with van der Waals surface area (Å²) in [6.45, 7) is 5.80. The second kappa shape index (κ2) is 8.21. The Morgan fingerprint density at radius 1 is 1.15 bits per heavy atom. The number of benzene rings is 1. The number of aryl methyl sites for hydroxylation is 1. The zero-order valence-electron chi connectivity index (χ0n) is 19.0. The van der Waals surface area contributed by atoms with Gasteiger partial charge in [0.2, 0.25) is 5.88 Å². The summed E-state index contributed by atoms with van der Waals surface area (Å²) in [6, 6.07) is 9.68. The normalized spacial score (nSPS) is 16.9. The van der Waals surface area contributed by atoms with E-state index >= 15 is 0 Å². The maximum atomic E-state index is 6.75. The van der Waals surface area contributed by atoms with Gasteiger partial charge in [0.15, 0.2) is 11.2 Å². The van der Waals surface area contributed by atoms with Crippen molar-refractivity contribution in [1.29, 1.82) is 0 Å². The molecule has 0 radical (unpaired) electrons. The molecule has 1 aliphatic carbocycles. The van der Waals surface area contributed by atoms with Gasteiger partial charge >= 0.3 is 0 Å². The maximum Gasteiger partial charge on any atom is 0.245 e. The lowest BCUT2D eigenvalue weighted by molar-refractivity contribution is -0.0796. The predicted octanol–water partition coefficient (Wildman–Crippen LogP) is 4.61. The van der Waals surface area contributed by atoms with Gasteiger partial charge in [-0.1, -0.05) is 11.6 Å². The SMILES string of the molecule is Cc1ccnc(Cn2c(-c3ccc(OC4COC4)cc3Cl)nc3c(OC4(C)CC4)ncnc32)c1. The van der Waals surface area contributed by atoms with Crippen LogP contribution in [-0.4, -0.2) is 49.4 Å². The standard InChI is InChI=1S/C25H24ClN5O3/c1-15-5-8-27-16(9-15)11-31-22(19-4-3-17(10-20(19)26)33-18-12-32-13-18)30-21-23(31)28-14-29-24(21)34-25(2)6-7-25/h3-5,8-10,14,18H,6-7,11-13H2,1-2H3. The predicted molar refractivity (Wildman–Crippen MR) is 127 cm³/mol. The molecule has 1 saturated heterocycles. The van der Waals surface area contributed by atoms with Crippen LogP contribution in [0.15, 0.2) is 42.9 Å². The zero-order chi connectivity index (χ0) is 23.3. The topological polar surface area (TPSA) is 84.2 Å². The first-order valence-corrected chi connectivity index (χ1v) is 11.7. The number of nitrogens with zero attached hydrogens (tertiary/aromatic N) is 5. The van der Waals surface area contributed by atoms with Gasteiger partial charge in [-0.25, -0.2) is 9.97 Å². The Labute approximate surface area is 201 Å². The molecule has 1 aliphatic heterocycles. The molecule has 6 rings (SSSR count). The minimum atomic E-state index is -0.189. The van der Waals surface area contributed by atoms with Crippen LogP contribution in [0, 0.1) is 6.92 Å². The van der Waals surface area contributed by atoms with E-state index in [9.17, 15) is 0 Å². The highest BCUT2D eigenvalue weighted by Gasteiger charge is 2.41. The molecule has 0 atom stereocenters. The number of halogens is 1. The van der Waals surface area contributed by atoms with Gasteiger partial charge in [0.1, 0.15) is 29.6 Å². The van der Waals surface area contributed by atoms with E-state index < -0.39 is 0 Å². The second-order valence-electron chi connectivity index (χ2n) is 9.17. The molecule has 8 nitrogen and oxygen atoms in total. The fourth-order valence-electron chi connectivity index (χ4n) is 3.93. The molecule has 0 unspecified atom stereocenters. The smallest absolute Gasteiger partial charge is 0.245 e. The molecule has 1 aromatic carbocycles. The van der Waals surface area contributed by atoms with Crippen LogP contribution in [0.5, 0.6) is 11.6 Å². The largest absolute Gasteiger partial charge is 0.486 e. The molecule has 4 heterocycles. The Bertz CT molecular complexity index is 1380. The number of hydrogen-bond acceptors (Lipinski definition) is 7. The molecule has 0 N–H and O–H groups in total. The lowest BCUT2D eigenvalue weighted by atomic mass is 10.2. The molecule has 174 valence electrons. The molecule has 1 saturated carbocycles. The number of aromatic nitrogens is 5. The van der Waals surface area contributed by atoms with Crippen molar-refractivity contribution >= 4 is 22.8 Å². The molecular weight excluding hydrogens is 454 g/mol. The number of ether oxygens (including phenoxy) is 3. The fourth-order valence-corrected chi connectivity index (χ4v) is 4.18. The van der Waals surface area contributed by atoms with Crippen LogP contribution in [0.2, 0.25) is 5.02 Å². The third-order valence-electron chi connectivity index (χ3n) is 6.18. The van der Waals surface area contributed by atoms with Crippen molar-refractivity contribution in [3.05, 3.63) is 59.1 Å². The first kappa shape index (κ1) is 21.3. The van der Waals surface area contributed by atoms with Crippen LogP contribution in [0.1, 0.15) is 31.0 Å². The summed E-state index contributed by atoms with van der Waals surface area (Å²) in [4.78, 5) is 18.4. The van der Waals surface area contributed by atoms with E-state index in [1.807, 2.05) is 42.0 Å². The Morgan fingerprint density at radius 3 is 2.71 bits per heavy atom. The van der Waals surface area contributed by atoms with Crippen LogP contribution in [0.25, 0.3) is 22.6 Å². The highest BCUT2D eigenvalue weighted by atomic mass is 35.5. The Kier molecular flexibility index (Phi) is 5.15. The van der Waals surface area contributed by atoms with E-state index in [0.717, 1.165) is 29.7 Å². The lowest BCUT2D eigenvalue weighted by Gasteiger charge is -2.26. The Balaban J connectivity index is 1.45. The van der Waals surface area contributed by atoms with Gasteiger partial charge in [-0.15, -0.1) is 0 Å². The van der Waals surface area contributed by atoms with E-state index in [1.54, 1.807) is 0 Å². The Morgan fingerprint density at radius 2 is 2.00 bits per heavy atom. The second-order valence-corrected chi connectivity index (χ2v) is 9.58. The molecule has 3 aromatic heterocycles. The minimum Gasteiger partial charge on any atom is -0.486 e. The molecule has 9 heteroatoms. The molecular formula is C25H24ClN5O3. The van der Waals surface area contributed by atoms with Crippen molar-refractivity contribution in [2.24, 2.45) is 0 Å². The maximum absolute atomic E-state index is 6.75. The molecule has 34 heavy (non-hydrogen) atoms. The average Bonchev–Trinajstić information content (AvgIpc) is 3.40. The van der Waals surface area contributed by atoms with E-state index in [-0.39, 0.29) is 11.7 Å². The summed E-state index contributed by atoms with van der Waals surface area (Å²) in [5.41, 5.74) is 3.91. The molecule has 2 fully saturated rings. The summed E-state index contributed by atoms with van der Waals surface area (Å²) >= 11 is 6.75. The van der Waals surface area contributed by atoms with Gasteiger partial charge < -0.3 is 18.8 Å². The van der Waals surface area contributed by atoms with Crippen LogP contribution in [0.4, 0.5) is 0 Å². The van der Waals surface area contributed by atoms with Crippen molar-refractivity contribution in [2.75, 3.05) is 13.2 Å². The summed E-state index contributed by atoms with van der Waals surface area (Å²) < 4.78 is 19.3. The van der Waals surface area contributed by atoms with Gasteiger partial charge in [-0.2, -0.15) is 4.98 Å². The third kappa shape index (κ3) is 4.08. The summed E-state index contributed by atoms with van der Waals surface area (Å²) in [6.07, 6.45) is 5.40. The third-order valence-corrected chi connectivity index (χ3v) is 6.49. The van der Waals surface area contributed by atoms with E-state index in [2.05, 4.69) is 27.9 Å². The lowest BCUT2D eigenvalue weighted by Crippen LogP contribution is -2.38. The first-order chi connectivity index (χ1) is 16.5. The number of fused-ring (bicyclic) bond motifs is 1. The van der Waals surface area contributed by atoms with E-state index in [4.69, 9.17) is 30.8 Å². The quantitative estimate of drug-likeness (QED) is 0.384. The fraction of sp³-hybridized carbons (Fsp3) is 0.360. The number of rotatable bonds is 7. The zero-order valence-corrected chi connectivity index (χ0v) is 19.7. The molecule has 0 spiro atoms. The average molecular weight is 478 g/mol. The first-order valence-electron chi connectivity index (χ1n) is 11.3. The number of imidazole rings is 1. The molecule has 4 aromatic rings. The van der Waals surface area contributed by atoms with Crippen LogP contribution in [0.3, 0.4) is 0 Å². The summed E-state index contributed by atoms with van der Waals surface area (Å²) in [5.74, 6) is 1.87. The van der Waals surface area contributed by atoms with Crippen molar-refractivity contribution in [2.45, 2.75) is 44.9 Å². The van der Waals surface area contributed by atoms with Gasteiger partial charge in [-0.05, 0) is 62.6 Å². The van der Waals surface area contributed by atoms with E-state index in [1.165, 1.54) is 6.33 Å². The van der Waals surface area contributed by atoms with E-state index in [0.29, 0.717) is 53.4 Å². The highest BCUT2D eigenvalue weighted by molar-refractivity contribution is 6.33.